The van der Waals surface area contributed by atoms with E-state index in [2.05, 4.69) is 10.6 Å². The summed E-state index contributed by atoms with van der Waals surface area (Å²) >= 11 is 1.90. The molecular formula is C14H22N2O3S. The van der Waals surface area contributed by atoms with Crippen molar-refractivity contribution in [1.29, 1.82) is 0 Å². The molecule has 0 spiro atoms. The third kappa shape index (κ3) is 4.23. The Morgan fingerprint density at radius 1 is 1.20 bits per heavy atom. The molecule has 2 aliphatic heterocycles. The van der Waals surface area contributed by atoms with Gasteiger partial charge in [0.2, 0.25) is 0 Å². The van der Waals surface area contributed by atoms with Gasteiger partial charge in [-0.3, -0.25) is 4.79 Å². The predicted octanol–water partition coefficient (Wildman–Crippen LogP) is 1.65. The number of Topliss-reactive ketones (excluding diaryl/α,β-unsaturated/α-hetero) is 2. The van der Waals surface area contributed by atoms with Crippen LogP contribution >= 0.6 is 11.8 Å². The van der Waals surface area contributed by atoms with Crippen LogP contribution in [-0.2, 0) is 9.59 Å². The smallest absolute Gasteiger partial charge is 0.315 e. The molecule has 3 atom stereocenters. The third-order valence-corrected chi connectivity index (χ3v) is 5.40. The molecule has 0 aromatic carbocycles. The van der Waals surface area contributed by atoms with Crippen LogP contribution < -0.4 is 10.6 Å². The van der Waals surface area contributed by atoms with Gasteiger partial charge in [-0.1, -0.05) is 6.42 Å². The van der Waals surface area contributed by atoms with E-state index >= 15 is 0 Å². The lowest BCUT2D eigenvalue weighted by Crippen LogP contribution is -2.36. The van der Waals surface area contributed by atoms with Gasteiger partial charge < -0.3 is 15.4 Å². The maximum Gasteiger partial charge on any atom is 0.315 e. The molecule has 2 saturated heterocycles. The van der Waals surface area contributed by atoms with E-state index in [1.54, 1.807) is 0 Å². The normalized spacial score (nSPS) is 27.9. The van der Waals surface area contributed by atoms with Crippen molar-refractivity contribution < 1.29 is 14.4 Å². The van der Waals surface area contributed by atoms with E-state index in [1.165, 1.54) is 6.92 Å². The van der Waals surface area contributed by atoms with Crippen LogP contribution in [0.15, 0.2) is 0 Å². The molecule has 2 amide bonds. The van der Waals surface area contributed by atoms with Crippen LogP contribution in [0.25, 0.3) is 0 Å². The molecule has 0 saturated carbocycles. The number of nitrogens with one attached hydrogen (secondary N) is 2. The molecular weight excluding hydrogens is 276 g/mol. The van der Waals surface area contributed by atoms with E-state index in [9.17, 15) is 14.4 Å². The van der Waals surface area contributed by atoms with Crippen molar-refractivity contribution in [2.75, 3.05) is 5.75 Å². The number of unbranched alkanes of at least 4 members (excludes halogenated alkanes) is 1. The second kappa shape index (κ2) is 7.11. The summed E-state index contributed by atoms with van der Waals surface area (Å²) < 4.78 is 0. The first-order chi connectivity index (χ1) is 9.56. The summed E-state index contributed by atoms with van der Waals surface area (Å²) in [5.41, 5.74) is 0. The molecule has 6 heteroatoms. The number of ketones is 2. The Balaban J connectivity index is 1.58. The molecule has 3 unspecified atom stereocenters. The minimum atomic E-state index is -0.0512. The number of fused-ring (bicyclic) bond motifs is 1. The van der Waals surface area contributed by atoms with Crippen LogP contribution in [0.2, 0.25) is 0 Å². The van der Waals surface area contributed by atoms with Crippen molar-refractivity contribution >= 4 is 29.4 Å². The summed E-state index contributed by atoms with van der Waals surface area (Å²) in [5, 5.41) is 6.36. The van der Waals surface area contributed by atoms with Crippen molar-refractivity contribution in [2.24, 2.45) is 0 Å². The summed E-state index contributed by atoms with van der Waals surface area (Å²) in [5.74, 6) is 1.25. The molecule has 0 aliphatic carbocycles. The standard InChI is InChI=1S/C14H22N2O3S/c1-9(17)6-7-10(18)4-2-3-5-12-13-11(8-20-12)15-14(19)16-13/h11-13H,2-8H2,1H3,(H2,15,16,19). The number of hydrogen-bond acceptors (Lipinski definition) is 4. The van der Waals surface area contributed by atoms with Crippen LogP contribution in [0.3, 0.4) is 0 Å². The van der Waals surface area contributed by atoms with Crippen molar-refractivity contribution in [3.63, 3.8) is 0 Å². The Morgan fingerprint density at radius 3 is 2.75 bits per heavy atom. The van der Waals surface area contributed by atoms with Crippen molar-refractivity contribution in [2.45, 2.75) is 62.8 Å². The third-order valence-electron chi connectivity index (χ3n) is 3.89. The zero-order chi connectivity index (χ0) is 14.5. The van der Waals surface area contributed by atoms with Gasteiger partial charge in [0.15, 0.2) is 0 Å². The van der Waals surface area contributed by atoms with Gasteiger partial charge in [0.05, 0.1) is 12.1 Å². The predicted molar refractivity (Wildman–Crippen MR) is 78.9 cm³/mol. The summed E-state index contributed by atoms with van der Waals surface area (Å²) in [6.45, 7) is 1.52. The molecule has 5 nitrogen and oxygen atoms in total. The van der Waals surface area contributed by atoms with Crippen LogP contribution in [0.4, 0.5) is 4.79 Å². The molecule has 0 aromatic heterocycles. The summed E-state index contributed by atoms with van der Waals surface area (Å²) in [7, 11) is 0. The summed E-state index contributed by atoms with van der Waals surface area (Å²) in [6.07, 6.45) is 4.25. The number of carbonyl (C=O) groups excluding carboxylic acids is 3. The number of carbonyl (C=O) groups is 3. The fourth-order valence-electron chi connectivity index (χ4n) is 2.75. The van der Waals surface area contributed by atoms with E-state index in [0.717, 1.165) is 25.0 Å². The lowest BCUT2D eigenvalue weighted by molar-refractivity contribution is -0.123. The molecule has 2 aliphatic rings. The minimum absolute atomic E-state index is 0.0512. The average Bonchev–Trinajstić information content (AvgIpc) is 2.92. The SMILES string of the molecule is CC(=O)CCC(=O)CCCCC1SCC2NC(=O)NC21. The van der Waals surface area contributed by atoms with E-state index in [4.69, 9.17) is 0 Å². The Hall–Kier alpha value is -1.04. The molecule has 2 heterocycles. The van der Waals surface area contributed by atoms with Crippen LogP contribution in [0, 0.1) is 0 Å². The molecule has 20 heavy (non-hydrogen) atoms. The molecule has 2 N–H and O–H groups in total. The van der Waals surface area contributed by atoms with E-state index in [1.807, 2.05) is 11.8 Å². The Kier molecular flexibility index (Phi) is 5.46. The van der Waals surface area contributed by atoms with Gasteiger partial charge in [-0.2, -0.15) is 11.8 Å². The number of hydrogen-bond donors (Lipinski definition) is 2. The van der Waals surface area contributed by atoms with Gasteiger partial charge in [-0.25, -0.2) is 4.79 Å². The van der Waals surface area contributed by atoms with E-state index < -0.39 is 0 Å². The first kappa shape index (κ1) is 15.4. The Bertz CT molecular complexity index is 400. The van der Waals surface area contributed by atoms with Crippen molar-refractivity contribution in [3.8, 4) is 0 Å². The van der Waals surface area contributed by atoms with Gasteiger partial charge in [-0.15, -0.1) is 0 Å². The highest BCUT2D eigenvalue weighted by molar-refractivity contribution is 8.00. The minimum Gasteiger partial charge on any atom is -0.332 e. The van der Waals surface area contributed by atoms with Gasteiger partial charge in [0.1, 0.15) is 11.6 Å². The van der Waals surface area contributed by atoms with Gasteiger partial charge >= 0.3 is 6.03 Å². The second-order valence-corrected chi connectivity index (χ2v) is 6.88. The molecule has 0 bridgehead atoms. The molecule has 112 valence electrons. The van der Waals surface area contributed by atoms with Gasteiger partial charge in [-0.05, 0) is 19.8 Å². The highest BCUT2D eigenvalue weighted by atomic mass is 32.2. The number of urea groups is 1. The average molecular weight is 298 g/mol. The van der Waals surface area contributed by atoms with Crippen molar-refractivity contribution in [3.05, 3.63) is 0 Å². The lowest BCUT2D eigenvalue weighted by Gasteiger charge is -2.16. The first-order valence-electron chi connectivity index (χ1n) is 7.26. The van der Waals surface area contributed by atoms with Gasteiger partial charge in [0.25, 0.3) is 0 Å². The van der Waals surface area contributed by atoms with Crippen LogP contribution in [0.1, 0.15) is 45.4 Å². The Morgan fingerprint density at radius 2 is 2.00 bits per heavy atom. The largest absolute Gasteiger partial charge is 0.332 e. The zero-order valence-electron chi connectivity index (χ0n) is 11.8. The Labute approximate surface area is 123 Å². The molecule has 0 radical (unpaired) electrons. The summed E-state index contributed by atoms with van der Waals surface area (Å²) in [6, 6.07) is 0.473. The topological polar surface area (TPSA) is 75.3 Å². The number of amides is 2. The fourth-order valence-corrected chi connectivity index (χ4v) is 4.29. The zero-order valence-corrected chi connectivity index (χ0v) is 12.6. The van der Waals surface area contributed by atoms with Crippen LogP contribution in [0.5, 0.6) is 0 Å². The summed E-state index contributed by atoms with van der Waals surface area (Å²) in [4.78, 5) is 33.6. The van der Waals surface area contributed by atoms with E-state index in [-0.39, 0.29) is 29.7 Å². The second-order valence-electron chi connectivity index (χ2n) is 5.61. The monoisotopic (exact) mass is 298 g/mol. The first-order valence-corrected chi connectivity index (χ1v) is 8.31. The lowest BCUT2D eigenvalue weighted by atomic mass is 10.0. The van der Waals surface area contributed by atoms with Crippen molar-refractivity contribution in [1.82, 2.24) is 10.6 Å². The molecule has 2 fully saturated rings. The maximum absolute atomic E-state index is 11.5. The number of rotatable bonds is 8. The highest BCUT2D eigenvalue weighted by Gasteiger charge is 2.42. The number of thioether (sulfide) groups is 1. The molecule has 2 rings (SSSR count). The maximum atomic E-state index is 11.5. The van der Waals surface area contributed by atoms with E-state index in [0.29, 0.717) is 24.5 Å². The molecule has 0 aromatic rings. The quantitative estimate of drug-likeness (QED) is 0.528. The highest BCUT2D eigenvalue weighted by Crippen LogP contribution is 2.33. The van der Waals surface area contributed by atoms with Crippen LogP contribution in [-0.4, -0.2) is 40.7 Å². The fraction of sp³-hybridized carbons (Fsp3) is 0.786. The van der Waals surface area contributed by atoms with Gasteiger partial charge in [0, 0.05) is 30.3 Å².